The zero-order valence-corrected chi connectivity index (χ0v) is 10.9. The lowest BCUT2D eigenvalue weighted by atomic mass is 10.2. The van der Waals surface area contributed by atoms with Gasteiger partial charge in [0.2, 0.25) is 0 Å². The van der Waals surface area contributed by atoms with Gasteiger partial charge in [-0.2, -0.15) is 0 Å². The molecule has 0 fully saturated rings. The van der Waals surface area contributed by atoms with Crippen molar-refractivity contribution in [3.8, 4) is 5.75 Å². The minimum Gasteiger partial charge on any atom is -0.497 e. The number of hydrogen-bond donors (Lipinski definition) is 1. The van der Waals surface area contributed by atoms with Crippen molar-refractivity contribution in [3.63, 3.8) is 0 Å². The number of hydrogen-bond acceptors (Lipinski definition) is 3. The fourth-order valence-corrected chi connectivity index (χ4v) is 2.60. The van der Waals surface area contributed by atoms with Crippen molar-refractivity contribution in [2.24, 2.45) is 0 Å². The molecule has 0 heterocycles. The third-order valence-corrected chi connectivity index (χ3v) is 3.51. The lowest BCUT2D eigenvalue weighted by Crippen LogP contribution is -2.02. The summed E-state index contributed by atoms with van der Waals surface area (Å²) in [6, 6.07) is 11.4. The lowest BCUT2D eigenvalue weighted by molar-refractivity contribution is 0.0688. The van der Waals surface area contributed by atoms with Gasteiger partial charge in [-0.3, -0.25) is 0 Å². The van der Waals surface area contributed by atoms with Crippen molar-refractivity contribution in [2.45, 2.75) is 9.79 Å². The molecule has 3 nitrogen and oxygen atoms in total. The second-order valence-electron chi connectivity index (χ2n) is 3.70. The van der Waals surface area contributed by atoms with Crippen molar-refractivity contribution in [1.29, 1.82) is 0 Å². The Morgan fingerprint density at radius 3 is 2.68 bits per heavy atom. The topological polar surface area (TPSA) is 46.5 Å². The number of carboxylic acids is 1. The molecule has 0 aliphatic heterocycles. The van der Waals surface area contributed by atoms with E-state index in [1.807, 2.05) is 6.07 Å². The van der Waals surface area contributed by atoms with E-state index < -0.39 is 11.8 Å². The van der Waals surface area contributed by atoms with E-state index in [0.717, 1.165) is 11.0 Å². The smallest absolute Gasteiger partial charge is 0.339 e. The summed E-state index contributed by atoms with van der Waals surface area (Å²) in [5.74, 6) is -1.35. The first-order chi connectivity index (χ1) is 9.11. The number of ether oxygens (including phenoxy) is 1. The van der Waals surface area contributed by atoms with Crippen LogP contribution in [0.1, 0.15) is 10.4 Å². The summed E-state index contributed by atoms with van der Waals surface area (Å²) in [6.45, 7) is 0. The molecule has 0 bridgehead atoms. The van der Waals surface area contributed by atoms with Gasteiger partial charge in [0.25, 0.3) is 0 Å². The maximum atomic E-state index is 13.5. The molecule has 0 aliphatic rings. The molecule has 0 atom stereocenters. The van der Waals surface area contributed by atoms with Crippen LogP contribution in [0.2, 0.25) is 0 Å². The zero-order valence-electron chi connectivity index (χ0n) is 10.1. The molecule has 2 aromatic rings. The molecule has 0 aliphatic carbocycles. The van der Waals surface area contributed by atoms with E-state index >= 15 is 0 Å². The molecule has 0 amide bonds. The van der Waals surface area contributed by atoms with Gasteiger partial charge in [0.1, 0.15) is 17.1 Å². The fraction of sp³-hybridized carbons (Fsp3) is 0.0714. The van der Waals surface area contributed by atoms with Crippen LogP contribution in [-0.4, -0.2) is 18.2 Å². The molecule has 0 aromatic heterocycles. The maximum absolute atomic E-state index is 13.5. The number of carbonyl (C=O) groups is 1. The molecule has 98 valence electrons. The third kappa shape index (κ3) is 3.06. The molecule has 19 heavy (non-hydrogen) atoms. The van der Waals surface area contributed by atoms with Gasteiger partial charge in [-0.1, -0.05) is 23.9 Å². The van der Waals surface area contributed by atoms with Crippen LogP contribution in [0.4, 0.5) is 4.39 Å². The quantitative estimate of drug-likeness (QED) is 0.926. The van der Waals surface area contributed by atoms with E-state index in [4.69, 9.17) is 9.84 Å². The summed E-state index contributed by atoms with van der Waals surface area (Å²) in [5, 5.41) is 9.05. The molecular formula is C14H11FO3S. The highest BCUT2D eigenvalue weighted by molar-refractivity contribution is 7.99. The molecule has 2 rings (SSSR count). The van der Waals surface area contributed by atoms with Crippen molar-refractivity contribution < 1.29 is 19.0 Å². The van der Waals surface area contributed by atoms with Crippen LogP contribution < -0.4 is 4.74 Å². The molecule has 0 unspecified atom stereocenters. The maximum Gasteiger partial charge on any atom is 0.339 e. The Hall–Kier alpha value is -2.01. The van der Waals surface area contributed by atoms with Crippen LogP contribution in [0.25, 0.3) is 0 Å². The monoisotopic (exact) mass is 278 g/mol. The van der Waals surface area contributed by atoms with Crippen molar-refractivity contribution in [1.82, 2.24) is 0 Å². The minimum absolute atomic E-state index is 0.310. The normalized spacial score (nSPS) is 10.2. The van der Waals surface area contributed by atoms with Gasteiger partial charge in [-0.15, -0.1) is 0 Å². The highest BCUT2D eigenvalue weighted by Crippen LogP contribution is 2.33. The van der Waals surface area contributed by atoms with E-state index in [9.17, 15) is 9.18 Å². The number of halogens is 1. The van der Waals surface area contributed by atoms with Crippen molar-refractivity contribution >= 4 is 17.7 Å². The number of benzene rings is 2. The summed E-state index contributed by atoms with van der Waals surface area (Å²) in [5.41, 5.74) is -0.310. The summed E-state index contributed by atoms with van der Waals surface area (Å²) in [6.07, 6.45) is 0. The van der Waals surface area contributed by atoms with E-state index in [1.165, 1.54) is 17.8 Å². The van der Waals surface area contributed by atoms with Crippen LogP contribution in [0.3, 0.4) is 0 Å². The molecule has 1 N–H and O–H groups in total. The van der Waals surface area contributed by atoms with E-state index in [0.29, 0.717) is 10.6 Å². The Morgan fingerprint density at radius 2 is 2.00 bits per heavy atom. The standard InChI is InChI=1S/C14H11FO3S/c1-18-9-4-2-5-10(8-9)19-12-7-3-6-11(15)13(12)14(16)17/h2-8H,1H3,(H,16,17). The van der Waals surface area contributed by atoms with Gasteiger partial charge >= 0.3 is 5.97 Å². The van der Waals surface area contributed by atoms with Crippen LogP contribution in [-0.2, 0) is 0 Å². The first-order valence-electron chi connectivity index (χ1n) is 5.45. The Labute approximate surface area is 114 Å². The molecule has 0 saturated heterocycles. The molecule has 0 saturated carbocycles. The highest BCUT2D eigenvalue weighted by Gasteiger charge is 2.16. The lowest BCUT2D eigenvalue weighted by Gasteiger charge is -2.07. The van der Waals surface area contributed by atoms with E-state index in [-0.39, 0.29) is 5.56 Å². The molecule has 0 radical (unpaired) electrons. The van der Waals surface area contributed by atoms with Crippen molar-refractivity contribution in [2.75, 3.05) is 7.11 Å². The number of rotatable bonds is 4. The number of carboxylic acid groups (broad SMARTS) is 1. The molecule has 0 spiro atoms. The summed E-state index contributed by atoms with van der Waals surface area (Å²) >= 11 is 1.19. The highest BCUT2D eigenvalue weighted by atomic mass is 32.2. The Bertz CT molecular complexity index is 613. The Balaban J connectivity index is 2.38. The van der Waals surface area contributed by atoms with E-state index in [1.54, 1.807) is 31.4 Å². The second-order valence-corrected chi connectivity index (χ2v) is 4.81. The minimum atomic E-state index is -1.27. The van der Waals surface area contributed by atoms with Crippen LogP contribution >= 0.6 is 11.8 Å². The average Bonchev–Trinajstić information content (AvgIpc) is 2.38. The Morgan fingerprint density at radius 1 is 1.26 bits per heavy atom. The van der Waals surface area contributed by atoms with Gasteiger partial charge < -0.3 is 9.84 Å². The summed E-state index contributed by atoms with van der Waals surface area (Å²) in [7, 11) is 1.55. The van der Waals surface area contributed by atoms with Crippen LogP contribution in [0.5, 0.6) is 5.75 Å². The zero-order chi connectivity index (χ0) is 13.8. The predicted molar refractivity (Wildman–Crippen MR) is 70.5 cm³/mol. The van der Waals surface area contributed by atoms with Gasteiger partial charge in [-0.05, 0) is 30.3 Å². The Kier molecular flexibility index (Phi) is 4.06. The summed E-state index contributed by atoms with van der Waals surface area (Å²) in [4.78, 5) is 12.2. The molecule has 5 heteroatoms. The number of methoxy groups -OCH3 is 1. The first kappa shape index (κ1) is 13.4. The molecule has 2 aromatic carbocycles. The van der Waals surface area contributed by atoms with Crippen LogP contribution in [0, 0.1) is 5.82 Å². The van der Waals surface area contributed by atoms with Gasteiger partial charge in [0.05, 0.1) is 7.11 Å². The van der Waals surface area contributed by atoms with Crippen LogP contribution in [0.15, 0.2) is 52.3 Å². The predicted octanol–water partition coefficient (Wildman–Crippen LogP) is 3.68. The first-order valence-corrected chi connectivity index (χ1v) is 6.27. The SMILES string of the molecule is COc1cccc(Sc2cccc(F)c2C(=O)O)c1. The number of aromatic carboxylic acids is 1. The van der Waals surface area contributed by atoms with Crippen molar-refractivity contribution in [3.05, 3.63) is 53.8 Å². The van der Waals surface area contributed by atoms with E-state index in [2.05, 4.69) is 0 Å². The summed E-state index contributed by atoms with van der Waals surface area (Å²) < 4.78 is 18.6. The average molecular weight is 278 g/mol. The van der Waals surface area contributed by atoms with Gasteiger partial charge in [-0.25, -0.2) is 9.18 Å². The second kappa shape index (κ2) is 5.75. The van der Waals surface area contributed by atoms with Gasteiger partial charge in [0, 0.05) is 9.79 Å². The third-order valence-electron chi connectivity index (χ3n) is 2.46. The fourth-order valence-electron chi connectivity index (χ4n) is 1.59. The molecular weight excluding hydrogens is 267 g/mol. The largest absolute Gasteiger partial charge is 0.497 e. The van der Waals surface area contributed by atoms with Gasteiger partial charge in [0.15, 0.2) is 0 Å².